The Morgan fingerprint density at radius 2 is 2.26 bits per heavy atom. The number of pyridine rings is 1. The van der Waals surface area contributed by atoms with Crippen LogP contribution >= 0.6 is 11.6 Å². The third kappa shape index (κ3) is 3.58. The van der Waals surface area contributed by atoms with Gasteiger partial charge in [0, 0.05) is 25.8 Å². The van der Waals surface area contributed by atoms with E-state index < -0.39 is 0 Å². The van der Waals surface area contributed by atoms with Crippen molar-refractivity contribution in [3.05, 3.63) is 23.4 Å². The van der Waals surface area contributed by atoms with Gasteiger partial charge >= 0.3 is 0 Å². The lowest BCUT2D eigenvalue weighted by Crippen LogP contribution is -2.44. The predicted molar refractivity (Wildman–Crippen MR) is 90.8 cm³/mol. The van der Waals surface area contributed by atoms with Crippen molar-refractivity contribution in [1.29, 1.82) is 0 Å². The summed E-state index contributed by atoms with van der Waals surface area (Å²) in [6.45, 7) is 6.45. The minimum atomic E-state index is -0.00552. The van der Waals surface area contributed by atoms with Crippen LogP contribution in [0.4, 0.5) is 5.95 Å². The number of rotatable bonds is 4. The summed E-state index contributed by atoms with van der Waals surface area (Å²) in [6, 6.07) is 3.64. The highest BCUT2D eigenvalue weighted by Crippen LogP contribution is 2.23. The number of hydrogen-bond donors (Lipinski definition) is 1. The molecule has 2 aromatic heterocycles. The van der Waals surface area contributed by atoms with Crippen LogP contribution in [0, 0.1) is 11.8 Å². The second-order valence-corrected chi connectivity index (χ2v) is 6.94. The van der Waals surface area contributed by atoms with E-state index in [2.05, 4.69) is 34.3 Å². The molecular formula is C16H22ClN5O. The first-order valence-electron chi connectivity index (χ1n) is 8.07. The molecule has 0 spiro atoms. The molecular weight excluding hydrogens is 314 g/mol. The molecule has 124 valence electrons. The summed E-state index contributed by atoms with van der Waals surface area (Å²) in [5, 5.41) is 12.1. The van der Waals surface area contributed by atoms with Crippen LogP contribution in [0.5, 0.6) is 0 Å². The first-order valence-corrected chi connectivity index (χ1v) is 8.45. The topological polar surface area (TPSA) is 62.5 Å². The zero-order chi connectivity index (χ0) is 16.4. The Balaban J connectivity index is 1.75. The minimum Gasteiger partial charge on any atom is -0.356 e. The van der Waals surface area contributed by atoms with Gasteiger partial charge in [0.1, 0.15) is 0 Å². The molecule has 2 aromatic rings. The van der Waals surface area contributed by atoms with E-state index >= 15 is 0 Å². The van der Waals surface area contributed by atoms with Crippen molar-refractivity contribution in [3.63, 3.8) is 0 Å². The molecule has 7 heteroatoms. The van der Waals surface area contributed by atoms with Crippen LogP contribution in [0.25, 0.3) is 5.65 Å². The Labute approximate surface area is 140 Å². The fraction of sp³-hybridized carbons (Fsp3) is 0.562. The number of halogens is 1. The predicted octanol–water partition coefficient (Wildman–Crippen LogP) is 2.37. The quantitative estimate of drug-likeness (QED) is 0.931. The Hall–Kier alpha value is -1.82. The summed E-state index contributed by atoms with van der Waals surface area (Å²) >= 11 is 6.08. The summed E-state index contributed by atoms with van der Waals surface area (Å²) in [6.07, 6.45) is 3.70. The minimum absolute atomic E-state index is 0.00552. The Morgan fingerprint density at radius 3 is 3.04 bits per heavy atom. The lowest BCUT2D eigenvalue weighted by atomic mass is 9.97. The summed E-state index contributed by atoms with van der Waals surface area (Å²) in [4.78, 5) is 14.5. The maximum Gasteiger partial charge on any atom is 0.231 e. The number of nitrogens with zero attached hydrogens (tertiary/aromatic N) is 4. The standard InChI is InChI=1S/C16H22ClN5O/c1-11(2)8-18-15(23)12-4-3-7-21(9-12)16-20-19-14-6-5-13(17)10-22(14)16/h5-6,10-12H,3-4,7-9H2,1-2H3,(H,18,23). The van der Waals surface area contributed by atoms with Crippen molar-refractivity contribution in [3.8, 4) is 0 Å². The monoisotopic (exact) mass is 335 g/mol. The van der Waals surface area contributed by atoms with E-state index in [-0.39, 0.29) is 11.8 Å². The summed E-state index contributed by atoms with van der Waals surface area (Å²) in [7, 11) is 0. The number of aromatic nitrogens is 3. The number of amides is 1. The zero-order valence-corrected chi connectivity index (χ0v) is 14.3. The highest BCUT2D eigenvalue weighted by Gasteiger charge is 2.28. The maximum atomic E-state index is 12.3. The van der Waals surface area contributed by atoms with Gasteiger partial charge in [-0.25, -0.2) is 0 Å². The summed E-state index contributed by atoms with van der Waals surface area (Å²) in [5.41, 5.74) is 0.760. The molecule has 1 aliphatic heterocycles. The first kappa shape index (κ1) is 16.1. The number of hydrogen-bond acceptors (Lipinski definition) is 4. The SMILES string of the molecule is CC(C)CNC(=O)C1CCCN(c2nnc3ccc(Cl)cn23)C1. The molecule has 1 saturated heterocycles. The van der Waals surface area contributed by atoms with Gasteiger partial charge in [0.15, 0.2) is 5.65 Å². The van der Waals surface area contributed by atoms with Crippen LogP contribution in [0.2, 0.25) is 5.02 Å². The third-order valence-corrected chi connectivity index (χ3v) is 4.33. The van der Waals surface area contributed by atoms with Gasteiger partial charge in [0.2, 0.25) is 11.9 Å². The lowest BCUT2D eigenvalue weighted by Gasteiger charge is -2.32. The molecule has 3 rings (SSSR count). The van der Waals surface area contributed by atoms with E-state index in [9.17, 15) is 4.79 Å². The molecule has 1 aliphatic rings. The van der Waals surface area contributed by atoms with E-state index in [1.165, 1.54) is 0 Å². The molecule has 0 radical (unpaired) electrons. The van der Waals surface area contributed by atoms with Crippen molar-refractivity contribution >= 4 is 29.1 Å². The molecule has 0 saturated carbocycles. The van der Waals surface area contributed by atoms with Gasteiger partial charge in [-0.05, 0) is 30.9 Å². The van der Waals surface area contributed by atoms with Gasteiger partial charge in [-0.2, -0.15) is 0 Å². The van der Waals surface area contributed by atoms with Crippen molar-refractivity contribution in [2.24, 2.45) is 11.8 Å². The van der Waals surface area contributed by atoms with Gasteiger partial charge < -0.3 is 10.2 Å². The first-order chi connectivity index (χ1) is 11.0. The van der Waals surface area contributed by atoms with Crippen LogP contribution in [0.15, 0.2) is 18.3 Å². The van der Waals surface area contributed by atoms with E-state index in [0.717, 1.165) is 37.5 Å². The molecule has 1 amide bonds. The number of carbonyl (C=O) groups excluding carboxylic acids is 1. The van der Waals surface area contributed by atoms with Crippen molar-refractivity contribution < 1.29 is 4.79 Å². The second kappa shape index (κ2) is 6.74. The van der Waals surface area contributed by atoms with E-state index in [0.29, 0.717) is 17.5 Å². The lowest BCUT2D eigenvalue weighted by molar-refractivity contribution is -0.125. The fourth-order valence-electron chi connectivity index (χ4n) is 2.89. The maximum absolute atomic E-state index is 12.3. The van der Waals surface area contributed by atoms with Crippen LogP contribution < -0.4 is 10.2 Å². The average Bonchev–Trinajstić information content (AvgIpc) is 2.95. The Bertz CT molecular complexity index is 699. The smallest absolute Gasteiger partial charge is 0.231 e. The van der Waals surface area contributed by atoms with Gasteiger partial charge in [0.25, 0.3) is 0 Å². The number of anilines is 1. The molecule has 0 aromatic carbocycles. The molecule has 6 nitrogen and oxygen atoms in total. The van der Waals surface area contributed by atoms with Gasteiger partial charge in [-0.3, -0.25) is 9.20 Å². The third-order valence-electron chi connectivity index (χ3n) is 4.11. The van der Waals surface area contributed by atoms with Crippen LogP contribution in [-0.4, -0.2) is 40.1 Å². The van der Waals surface area contributed by atoms with Crippen LogP contribution in [-0.2, 0) is 4.79 Å². The Kier molecular flexibility index (Phi) is 4.71. The average molecular weight is 336 g/mol. The van der Waals surface area contributed by atoms with Crippen molar-refractivity contribution in [2.45, 2.75) is 26.7 Å². The molecule has 1 unspecified atom stereocenters. The van der Waals surface area contributed by atoms with E-state index in [4.69, 9.17) is 11.6 Å². The second-order valence-electron chi connectivity index (χ2n) is 6.50. The van der Waals surface area contributed by atoms with Crippen LogP contribution in [0.1, 0.15) is 26.7 Å². The highest BCUT2D eigenvalue weighted by atomic mass is 35.5. The normalized spacial score (nSPS) is 18.6. The highest BCUT2D eigenvalue weighted by molar-refractivity contribution is 6.30. The number of fused-ring (bicyclic) bond motifs is 1. The number of carbonyl (C=O) groups is 1. The van der Waals surface area contributed by atoms with Gasteiger partial charge in [-0.1, -0.05) is 25.4 Å². The molecule has 1 atom stereocenters. The van der Waals surface area contributed by atoms with E-state index in [1.54, 1.807) is 6.07 Å². The molecule has 1 fully saturated rings. The number of nitrogens with one attached hydrogen (secondary N) is 1. The Morgan fingerprint density at radius 1 is 1.43 bits per heavy atom. The van der Waals surface area contributed by atoms with Gasteiger partial charge in [-0.15, -0.1) is 10.2 Å². The molecule has 3 heterocycles. The summed E-state index contributed by atoms with van der Waals surface area (Å²) in [5.74, 6) is 1.34. The van der Waals surface area contributed by atoms with Gasteiger partial charge in [0.05, 0.1) is 10.9 Å². The fourth-order valence-corrected chi connectivity index (χ4v) is 3.05. The molecule has 0 bridgehead atoms. The number of piperidine rings is 1. The van der Waals surface area contributed by atoms with Crippen molar-refractivity contribution in [1.82, 2.24) is 19.9 Å². The zero-order valence-electron chi connectivity index (χ0n) is 13.5. The van der Waals surface area contributed by atoms with Crippen LogP contribution in [0.3, 0.4) is 0 Å². The van der Waals surface area contributed by atoms with E-state index in [1.807, 2.05) is 16.7 Å². The summed E-state index contributed by atoms with van der Waals surface area (Å²) < 4.78 is 1.89. The largest absolute Gasteiger partial charge is 0.356 e. The molecule has 1 N–H and O–H groups in total. The van der Waals surface area contributed by atoms with Crippen molar-refractivity contribution in [2.75, 3.05) is 24.5 Å². The molecule has 0 aliphatic carbocycles. The molecule has 23 heavy (non-hydrogen) atoms.